The Morgan fingerprint density at radius 3 is 2.23 bits per heavy atom. The molecule has 0 saturated carbocycles. The second kappa shape index (κ2) is 6.81. The Bertz CT molecular complexity index is 563. The van der Waals surface area contributed by atoms with Gasteiger partial charge in [-0.15, -0.1) is 0 Å². The summed E-state index contributed by atoms with van der Waals surface area (Å²) in [4.78, 5) is 27.3. The van der Waals surface area contributed by atoms with Crippen LogP contribution in [0.25, 0.3) is 0 Å². The summed E-state index contributed by atoms with van der Waals surface area (Å²) < 4.78 is 5.82. The van der Waals surface area contributed by atoms with Gasteiger partial charge < -0.3 is 14.5 Å². The fourth-order valence-corrected chi connectivity index (χ4v) is 2.67. The van der Waals surface area contributed by atoms with Crippen LogP contribution in [0.15, 0.2) is 18.2 Å². The average Bonchev–Trinajstić information content (AvgIpc) is 2.49. The minimum absolute atomic E-state index is 0.0248. The quantitative estimate of drug-likeness (QED) is 0.855. The van der Waals surface area contributed by atoms with Gasteiger partial charge in [0, 0.05) is 33.1 Å². The van der Waals surface area contributed by atoms with Crippen molar-refractivity contribution in [2.24, 2.45) is 0 Å². The van der Waals surface area contributed by atoms with Crippen LogP contribution in [0.1, 0.15) is 25.0 Å². The molecule has 5 heteroatoms. The van der Waals surface area contributed by atoms with E-state index in [1.54, 1.807) is 23.6 Å². The predicted molar refractivity (Wildman–Crippen MR) is 84.8 cm³/mol. The number of amides is 2. The maximum Gasteiger partial charge on any atom is 0.263 e. The zero-order chi connectivity index (χ0) is 16.3. The molecule has 120 valence electrons. The molecule has 1 aliphatic heterocycles. The maximum atomic E-state index is 12.5. The molecule has 22 heavy (non-hydrogen) atoms. The van der Waals surface area contributed by atoms with Gasteiger partial charge in [0.2, 0.25) is 5.91 Å². The third-order valence-electron chi connectivity index (χ3n) is 4.02. The molecular weight excluding hydrogens is 280 g/mol. The number of hydrogen-bond donors (Lipinski definition) is 0. The van der Waals surface area contributed by atoms with Crippen LogP contribution in [-0.4, -0.2) is 53.9 Å². The van der Waals surface area contributed by atoms with E-state index in [0.717, 1.165) is 11.3 Å². The Morgan fingerprint density at radius 1 is 1.09 bits per heavy atom. The van der Waals surface area contributed by atoms with E-state index >= 15 is 0 Å². The first kappa shape index (κ1) is 16.3. The van der Waals surface area contributed by atoms with Crippen molar-refractivity contribution in [1.29, 1.82) is 0 Å². The highest BCUT2D eigenvalue weighted by molar-refractivity contribution is 5.81. The van der Waals surface area contributed by atoms with Gasteiger partial charge in [-0.2, -0.15) is 0 Å². The third-order valence-corrected chi connectivity index (χ3v) is 4.02. The molecule has 1 unspecified atom stereocenters. The van der Waals surface area contributed by atoms with Gasteiger partial charge in [0.25, 0.3) is 5.91 Å². The molecule has 0 N–H and O–H groups in total. The number of carbonyl (C=O) groups is 2. The topological polar surface area (TPSA) is 49.9 Å². The SMILES string of the molecule is CC(=O)N1CCN(C(=O)C(C)Oc2ccc(C)cc2C)CC1. The van der Waals surface area contributed by atoms with Crippen LogP contribution in [0.2, 0.25) is 0 Å². The lowest BCUT2D eigenvalue weighted by Crippen LogP contribution is -2.52. The first-order valence-electron chi connectivity index (χ1n) is 7.66. The molecule has 1 saturated heterocycles. The van der Waals surface area contributed by atoms with E-state index in [2.05, 4.69) is 0 Å². The number of aryl methyl sites for hydroxylation is 2. The van der Waals surface area contributed by atoms with Gasteiger partial charge >= 0.3 is 0 Å². The Kier molecular flexibility index (Phi) is 5.06. The van der Waals surface area contributed by atoms with Crippen molar-refractivity contribution in [3.8, 4) is 5.75 Å². The van der Waals surface area contributed by atoms with Gasteiger partial charge in [0.15, 0.2) is 6.10 Å². The lowest BCUT2D eigenvalue weighted by Gasteiger charge is -2.35. The van der Waals surface area contributed by atoms with E-state index in [4.69, 9.17) is 4.74 Å². The second-order valence-corrected chi connectivity index (χ2v) is 5.86. The highest BCUT2D eigenvalue weighted by Crippen LogP contribution is 2.20. The zero-order valence-electron chi connectivity index (χ0n) is 13.8. The Hall–Kier alpha value is -2.04. The molecule has 0 spiro atoms. The first-order chi connectivity index (χ1) is 10.4. The van der Waals surface area contributed by atoms with Crippen LogP contribution in [-0.2, 0) is 9.59 Å². The molecule has 0 bridgehead atoms. The van der Waals surface area contributed by atoms with Gasteiger partial charge in [-0.25, -0.2) is 0 Å². The molecule has 1 aliphatic rings. The summed E-state index contributed by atoms with van der Waals surface area (Å²) in [6, 6.07) is 5.92. The highest BCUT2D eigenvalue weighted by Gasteiger charge is 2.26. The van der Waals surface area contributed by atoms with E-state index in [0.29, 0.717) is 26.2 Å². The van der Waals surface area contributed by atoms with Gasteiger partial charge in [0.05, 0.1) is 0 Å². The summed E-state index contributed by atoms with van der Waals surface area (Å²) in [5.41, 5.74) is 2.20. The molecule has 0 aliphatic carbocycles. The molecule has 2 amide bonds. The first-order valence-corrected chi connectivity index (χ1v) is 7.66. The monoisotopic (exact) mass is 304 g/mol. The predicted octanol–water partition coefficient (Wildman–Crippen LogP) is 1.76. The van der Waals surface area contributed by atoms with E-state index in [1.165, 1.54) is 5.56 Å². The number of ether oxygens (including phenoxy) is 1. The normalized spacial score (nSPS) is 16.4. The van der Waals surface area contributed by atoms with Gasteiger partial charge in [-0.05, 0) is 32.4 Å². The second-order valence-electron chi connectivity index (χ2n) is 5.86. The van der Waals surface area contributed by atoms with Gasteiger partial charge in [-0.3, -0.25) is 9.59 Å². The molecule has 2 rings (SSSR count). The van der Waals surface area contributed by atoms with Crippen LogP contribution >= 0.6 is 0 Å². The summed E-state index contributed by atoms with van der Waals surface area (Å²) in [7, 11) is 0. The van der Waals surface area contributed by atoms with Crippen molar-refractivity contribution in [2.45, 2.75) is 33.8 Å². The van der Waals surface area contributed by atoms with Gasteiger partial charge in [0.1, 0.15) is 5.75 Å². The molecule has 1 aromatic carbocycles. The minimum Gasteiger partial charge on any atom is -0.481 e. The van der Waals surface area contributed by atoms with Crippen molar-refractivity contribution in [1.82, 2.24) is 9.80 Å². The number of benzene rings is 1. The molecule has 5 nitrogen and oxygen atoms in total. The summed E-state index contributed by atoms with van der Waals surface area (Å²) in [6.07, 6.45) is -0.523. The summed E-state index contributed by atoms with van der Waals surface area (Å²) in [5.74, 6) is 0.781. The van der Waals surface area contributed by atoms with Crippen molar-refractivity contribution < 1.29 is 14.3 Å². The van der Waals surface area contributed by atoms with Crippen LogP contribution in [0.3, 0.4) is 0 Å². The van der Waals surface area contributed by atoms with Crippen LogP contribution in [0.4, 0.5) is 0 Å². The zero-order valence-corrected chi connectivity index (χ0v) is 13.8. The molecule has 1 atom stereocenters. The fraction of sp³-hybridized carbons (Fsp3) is 0.529. The molecule has 0 aromatic heterocycles. The van der Waals surface area contributed by atoms with Crippen molar-refractivity contribution in [3.05, 3.63) is 29.3 Å². The molecule has 0 radical (unpaired) electrons. The lowest BCUT2D eigenvalue weighted by molar-refractivity contribution is -0.143. The van der Waals surface area contributed by atoms with Crippen LogP contribution < -0.4 is 4.74 Å². The number of carbonyl (C=O) groups excluding carboxylic acids is 2. The van der Waals surface area contributed by atoms with E-state index < -0.39 is 6.10 Å². The number of rotatable bonds is 3. The Morgan fingerprint density at radius 2 is 1.68 bits per heavy atom. The van der Waals surface area contributed by atoms with Crippen molar-refractivity contribution in [2.75, 3.05) is 26.2 Å². The molecule has 1 fully saturated rings. The van der Waals surface area contributed by atoms with Crippen LogP contribution in [0.5, 0.6) is 5.75 Å². The fourth-order valence-electron chi connectivity index (χ4n) is 2.67. The average molecular weight is 304 g/mol. The summed E-state index contributed by atoms with van der Waals surface area (Å²) in [6.45, 7) is 9.67. The summed E-state index contributed by atoms with van der Waals surface area (Å²) >= 11 is 0. The van der Waals surface area contributed by atoms with Crippen molar-refractivity contribution in [3.63, 3.8) is 0 Å². The molecular formula is C17H24N2O3. The summed E-state index contributed by atoms with van der Waals surface area (Å²) in [5, 5.41) is 0. The highest BCUT2D eigenvalue weighted by atomic mass is 16.5. The van der Waals surface area contributed by atoms with E-state index in [1.807, 2.05) is 32.0 Å². The van der Waals surface area contributed by atoms with Crippen LogP contribution in [0, 0.1) is 13.8 Å². The number of hydrogen-bond acceptors (Lipinski definition) is 3. The van der Waals surface area contributed by atoms with Gasteiger partial charge in [-0.1, -0.05) is 17.7 Å². The van der Waals surface area contributed by atoms with Crippen molar-refractivity contribution >= 4 is 11.8 Å². The lowest BCUT2D eigenvalue weighted by atomic mass is 10.1. The maximum absolute atomic E-state index is 12.5. The Labute approximate surface area is 131 Å². The largest absolute Gasteiger partial charge is 0.481 e. The standard InChI is InChI=1S/C17H24N2O3/c1-12-5-6-16(13(2)11-12)22-14(3)17(21)19-9-7-18(8-10-19)15(4)20/h5-6,11,14H,7-10H2,1-4H3. The van der Waals surface area contributed by atoms with E-state index in [-0.39, 0.29) is 11.8 Å². The number of nitrogens with zero attached hydrogens (tertiary/aromatic N) is 2. The molecule has 1 aromatic rings. The number of piperazine rings is 1. The minimum atomic E-state index is -0.523. The third kappa shape index (κ3) is 3.78. The molecule has 1 heterocycles. The van der Waals surface area contributed by atoms with E-state index in [9.17, 15) is 9.59 Å². The smallest absolute Gasteiger partial charge is 0.263 e. The Balaban J connectivity index is 1.94.